The zero-order valence-corrected chi connectivity index (χ0v) is 13.5. The predicted molar refractivity (Wildman–Crippen MR) is 96.1 cm³/mol. The van der Waals surface area contributed by atoms with Crippen molar-refractivity contribution in [2.45, 2.75) is 0 Å². The van der Waals surface area contributed by atoms with E-state index in [1.165, 1.54) is 30.6 Å². The molecule has 2 aromatic rings. The second kappa shape index (κ2) is 8.23. The van der Waals surface area contributed by atoms with Gasteiger partial charge in [0, 0.05) is 11.1 Å². The number of carbonyl (C=O) groups excluding carboxylic acids is 1. The first-order chi connectivity index (χ1) is 12.5. The van der Waals surface area contributed by atoms with Crippen LogP contribution in [0.3, 0.4) is 0 Å². The molecule has 0 fully saturated rings. The topological polar surface area (TPSA) is 155 Å². The number of carboxylic acids is 1. The van der Waals surface area contributed by atoms with Crippen LogP contribution in [0.15, 0.2) is 59.2 Å². The summed E-state index contributed by atoms with van der Waals surface area (Å²) in [7, 11) is 0. The summed E-state index contributed by atoms with van der Waals surface area (Å²) < 4.78 is 0. The number of allylic oxidation sites excluding steroid dienone is 1. The number of aliphatic imine (C=N–C) groups is 1. The van der Waals surface area contributed by atoms with Gasteiger partial charge in [-0.2, -0.15) is 5.26 Å². The second-order valence-corrected chi connectivity index (χ2v) is 5.06. The van der Waals surface area contributed by atoms with E-state index in [1.54, 1.807) is 24.3 Å². The largest absolute Gasteiger partial charge is 0.478 e. The van der Waals surface area contributed by atoms with Crippen LogP contribution in [0.1, 0.15) is 21.5 Å². The maximum Gasteiger partial charge on any atom is 0.338 e. The zero-order valence-electron chi connectivity index (χ0n) is 13.5. The van der Waals surface area contributed by atoms with Crippen molar-refractivity contribution in [3.8, 4) is 6.07 Å². The third kappa shape index (κ3) is 3.92. The molecule has 8 heteroatoms. The number of benzene rings is 2. The Labute approximate surface area is 149 Å². The average Bonchev–Trinajstić information content (AvgIpc) is 2.66. The number of nitrogens with zero attached hydrogens (tertiary/aromatic N) is 2. The number of carboxylic acid groups (broad SMARTS) is 1. The molecule has 2 aromatic carbocycles. The molecule has 2 rings (SSSR count). The minimum atomic E-state index is -1.40. The van der Waals surface area contributed by atoms with Gasteiger partial charge in [0.05, 0.1) is 28.6 Å². The molecule has 0 atom stereocenters. The Bertz CT molecular complexity index is 957. The van der Waals surface area contributed by atoms with Gasteiger partial charge < -0.3 is 16.3 Å². The first kappa shape index (κ1) is 18.4. The van der Waals surface area contributed by atoms with E-state index in [2.05, 4.69) is 10.4 Å². The highest BCUT2D eigenvalue weighted by Crippen LogP contribution is 2.24. The number of nitrogens with one attached hydrogen (secondary N) is 1. The van der Waals surface area contributed by atoms with Gasteiger partial charge in [-0.25, -0.2) is 15.6 Å². The third-order valence-corrected chi connectivity index (χ3v) is 3.44. The number of hydrogen-bond donors (Lipinski definition) is 4. The third-order valence-electron chi connectivity index (χ3n) is 3.44. The predicted octanol–water partition coefficient (Wildman–Crippen LogP) is 1.32. The molecule has 0 amide bonds. The number of rotatable bonds is 6. The van der Waals surface area contributed by atoms with Gasteiger partial charge in [-0.1, -0.05) is 30.3 Å². The summed E-state index contributed by atoms with van der Waals surface area (Å²) >= 11 is 0. The normalized spacial score (nSPS) is 11.5. The fourth-order valence-corrected chi connectivity index (χ4v) is 2.28. The molecule has 0 spiro atoms. The van der Waals surface area contributed by atoms with Gasteiger partial charge in [0.2, 0.25) is 5.78 Å². The van der Waals surface area contributed by atoms with Crippen molar-refractivity contribution < 1.29 is 14.7 Å². The molecule has 26 heavy (non-hydrogen) atoms. The average molecular weight is 349 g/mol. The summed E-state index contributed by atoms with van der Waals surface area (Å²) in [5, 5.41) is 18.7. The fourth-order valence-electron chi connectivity index (χ4n) is 2.28. The van der Waals surface area contributed by atoms with E-state index < -0.39 is 23.0 Å². The van der Waals surface area contributed by atoms with E-state index in [-0.39, 0.29) is 16.7 Å². The SMILES string of the molecule is N#Cc1ccccc1C(C(=O)O)=C(N)C(=O)c1cccc(N=CNN)c1. The van der Waals surface area contributed by atoms with Crippen LogP contribution in [0.5, 0.6) is 0 Å². The summed E-state index contributed by atoms with van der Waals surface area (Å²) in [5.41, 5.74) is 7.97. The second-order valence-electron chi connectivity index (χ2n) is 5.06. The molecule has 0 aliphatic carbocycles. The lowest BCUT2D eigenvalue weighted by atomic mass is 9.95. The summed E-state index contributed by atoms with van der Waals surface area (Å²) in [6.07, 6.45) is 1.23. The van der Waals surface area contributed by atoms with Crippen molar-refractivity contribution >= 4 is 29.4 Å². The molecular weight excluding hydrogens is 334 g/mol. The molecule has 0 aromatic heterocycles. The lowest BCUT2D eigenvalue weighted by Crippen LogP contribution is -2.19. The monoisotopic (exact) mass is 349 g/mol. The van der Waals surface area contributed by atoms with Crippen molar-refractivity contribution in [1.82, 2.24) is 5.43 Å². The van der Waals surface area contributed by atoms with Crippen LogP contribution in [0.4, 0.5) is 5.69 Å². The lowest BCUT2D eigenvalue weighted by Gasteiger charge is -2.10. The van der Waals surface area contributed by atoms with E-state index in [1.807, 2.05) is 6.07 Å². The minimum absolute atomic E-state index is 0.0786. The van der Waals surface area contributed by atoms with E-state index in [9.17, 15) is 20.0 Å². The molecule has 0 aliphatic rings. The Balaban J connectivity index is 2.56. The van der Waals surface area contributed by atoms with E-state index in [0.29, 0.717) is 5.69 Å². The highest BCUT2D eigenvalue weighted by Gasteiger charge is 2.23. The molecule has 0 bridgehead atoms. The van der Waals surface area contributed by atoms with Crippen LogP contribution >= 0.6 is 0 Å². The van der Waals surface area contributed by atoms with Crippen LogP contribution in [0.25, 0.3) is 5.57 Å². The van der Waals surface area contributed by atoms with Gasteiger partial charge in [-0.05, 0) is 18.2 Å². The fraction of sp³-hybridized carbons (Fsp3) is 0. The smallest absolute Gasteiger partial charge is 0.338 e. The molecule has 8 nitrogen and oxygen atoms in total. The summed E-state index contributed by atoms with van der Waals surface area (Å²) in [4.78, 5) is 28.3. The van der Waals surface area contributed by atoms with Crippen LogP contribution < -0.4 is 17.0 Å². The number of nitriles is 1. The van der Waals surface area contributed by atoms with Crippen molar-refractivity contribution in [1.29, 1.82) is 5.26 Å². The zero-order chi connectivity index (χ0) is 19.1. The molecule has 0 aliphatic heterocycles. The quantitative estimate of drug-likeness (QED) is 0.153. The van der Waals surface area contributed by atoms with Gasteiger partial charge >= 0.3 is 5.97 Å². The Morgan fingerprint density at radius 2 is 1.92 bits per heavy atom. The highest BCUT2D eigenvalue weighted by atomic mass is 16.4. The van der Waals surface area contributed by atoms with E-state index in [4.69, 9.17) is 11.6 Å². The molecule has 130 valence electrons. The Kier molecular flexibility index (Phi) is 5.82. The van der Waals surface area contributed by atoms with Gasteiger partial charge in [-0.15, -0.1) is 0 Å². The van der Waals surface area contributed by atoms with Crippen LogP contribution in [-0.2, 0) is 4.79 Å². The van der Waals surface area contributed by atoms with Crippen LogP contribution in [-0.4, -0.2) is 23.2 Å². The molecule has 0 radical (unpaired) electrons. The summed E-state index contributed by atoms with van der Waals surface area (Å²) in [6, 6.07) is 14.1. The first-order valence-corrected chi connectivity index (χ1v) is 7.35. The van der Waals surface area contributed by atoms with Gasteiger partial charge in [-0.3, -0.25) is 4.79 Å². The number of aliphatic carboxylic acids is 1. The molecule has 0 unspecified atom stereocenters. The van der Waals surface area contributed by atoms with Crippen molar-refractivity contribution in [2.75, 3.05) is 0 Å². The Morgan fingerprint density at radius 1 is 1.19 bits per heavy atom. The molecule has 0 saturated carbocycles. The Morgan fingerprint density at radius 3 is 2.58 bits per heavy atom. The lowest BCUT2D eigenvalue weighted by molar-refractivity contribution is -0.130. The number of carbonyl (C=O) groups is 2. The standard InChI is InChI=1S/C18H15N5O3/c19-9-12-4-1-2-7-14(12)15(18(25)26)16(20)17(24)11-5-3-6-13(8-11)22-10-23-21/h1-8,10H,20-21H2,(H,22,23)(H,25,26). The minimum Gasteiger partial charge on any atom is -0.478 e. The van der Waals surface area contributed by atoms with Crippen molar-refractivity contribution in [3.63, 3.8) is 0 Å². The van der Waals surface area contributed by atoms with Gasteiger partial charge in [0.15, 0.2) is 0 Å². The van der Waals surface area contributed by atoms with E-state index in [0.717, 1.165) is 0 Å². The number of ketones is 1. The number of Topliss-reactive ketones (excluding diaryl/α,β-unsaturated/α-hetero) is 1. The molecular formula is C18H15N5O3. The molecule has 0 heterocycles. The van der Waals surface area contributed by atoms with Crippen molar-refractivity contribution in [3.05, 3.63) is 70.9 Å². The summed E-state index contributed by atoms with van der Waals surface area (Å²) in [5.74, 6) is 3.01. The van der Waals surface area contributed by atoms with Gasteiger partial charge in [0.25, 0.3) is 0 Å². The molecule has 0 saturated heterocycles. The maximum atomic E-state index is 12.7. The van der Waals surface area contributed by atoms with Crippen molar-refractivity contribution in [2.24, 2.45) is 16.6 Å². The maximum absolute atomic E-state index is 12.7. The van der Waals surface area contributed by atoms with Crippen LogP contribution in [0.2, 0.25) is 0 Å². The molecule has 6 N–H and O–H groups in total. The number of nitrogens with two attached hydrogens (primary N) is 2. The number of hydrazine groups is 1. The first-order valence-electron chi connectivity index (χ1n) is 7.35. The summed E-state index contributed by atoms with van der Waals surface area (Å²) in [6.45, 7) is 0. The van der Waals surface area contributed by atoms with Crippen LogP contribution in [0, 0.1) is 11.3 Å². The van der Waals surface area contributed by atoms with E-state index >= 15 is 0 Å². The Hall–Kier alpha value is -3.96. The van der Waals surface area contributed by atoms with Gasteiger partial charge in [0.1, 0.15) is 6.34 Å². The highest BCUT2D eigenvalue weighted by molar-refractivity contribution is 6.26. The number of hydrogen-bond acceptors (Lipinski definition) is 6.